The molecule has 0 saturated heterocycles. The minimum absolute atomic E-state index is 0.505. The summed E-state index contributed by atoms with van der Waals surface area (Å²) < 4.78 is 2.72. The summed E-state index contributed by atoms with van der Waals surface area (Å²) in [7, 11) is 0. The molecule has 0 spiro atoms. The highest BCUT2D eigenvalue weighted by Crippen LogP contribution is 2.30. The minimum Gasteiger partial charge on any atom is -0.306 e. The van der Waals surface area contributed by atoms with Crippen molar-refractivity contribution >= 4 is 45.3 Å². The molecule has 0 bridgehead atoms. The quantitative estimate of drug-likeness (QED) is 0.576. The van der Waals surface area contributed by atoms with Gasteiger partial charge in [0, 0.05) is 21.3 Å². The third kappa shape index (κ3) is 2.95. The number of nitrogens with one attached hydrogen (secondary N) is 1. The summed E-state index contributed by atoms with van der Waals surface area (Å²) >= 11 is 15.7. The van der Waals surface area contributed by atoms with Gasteiger partial charge in [0.25, 0.3) is 0 Å². The lowest BCUT2D eigenvalue weighted by atomic mass is 10.1. The zero-order valence-electron chi connectivity index (χ0n) is 11.2. The fraction of sp³-hybridized carbons (Fsp3) is 0. The monoisotopic (exact) mass is 393 g/mol. The van der Waals surface area contributed by atoms with Crippen LogP contribution in [0.5, 0.6) is 0 Å². The molecule has 0 fully saturated rings. The van der Waals surface area contributed by atoms with Crippen molar-refractivity contribution in [2.75, 3.05) is 0 Å². The molecule has 0 unspecified atom stereocenters. The third-order valence-corrected chi connectivity index (χ3v) is 4.22. The van der Waals surface area contributed by atoms with E-state index in [1.165, 1.54) is 6.21 Å². The molecule has 3 aromatic rings. The predicted octanol–water partition coefficient (Wildman–Crippen LogP) is 5.61. The molecular weight excluding hydrogens is 385 g/mol. The van der Waals surface area contributed by atoms with Crippen molar-refractivity contribution in [3.05, 3.63) is 68.7 Å². The molecule has 110 valence electrons. The van der Waals surface area contributed by atoms with Crippen LogP contribution in [-0.2, 0) is 0 Å². The fourth-order valence-electron chi connectivity index (χ4n) is 2.13. The first-order valence-electron chi connectivity index (χ1n) is 6.40. The summed E-state index contributed by atoms with van der Waals surface area (Å²) in [6.07, 6.45) is 1.21. The van der Waals surface area contributed by atoms with Gasteiger partial charge in [0.1, 0.15) is 5.69 Å². The van der Waals surface area contributed by atoms with Gasteiger partial charge in [-0.05, 0) is 36.4 Å². The van der Waals surface area contributed by atoms with E-state index in [0.29, 0.717) is 15.7 Å². The molecule has 3 nitrogen and oxygen atoms in total. The second-order valence-corrected chi connectivity index (χ2v) is 6.37. The summed E-state index contributed by atoms with van der Waals surface area (Å²) in [6.45, 7) is 0. The first-order valence-corrected chi connectivity index (χ1v) is 7.95. The van der Waals surface area contributed by atoms with Gasteiger partial charge >= 0.3 is 0 Å². The van der Waals surface area contributed by atoms with Gasteiger partial charge in [-0.2, -0.15) is 5.10 Å². The summed E-state index contributed by atoms with van der Waals surface area (Å²) in [4.78, 5) is 0. The van der Waals surface area contributed by atoms with E-state index in [1.54, 1.807) is 16.8 Å². The first-order chi connectivity index (χ1) is 10.6. The Kier molecular flexibility index (Phi) is 4.34. The smallest absolute Gasteiger partial charge is 0.104 e. The van der Waals surface area contributed by atoms with Crippen LogP contribution in [0.2, 0.25) is 10.0 Å². The topological polar surface area (TPSA) is 41.7 Å². The number of hydrogen-bond acceptors (Lipinski definition) is 2. The highest BCUT2D eigenvalue weighted by molar-refractivity contribution is 9.10. The maximum Gasteiger partial charge on any atom is 0.104 e. The van der Waals surface area contributed by atoms with E-state index in [9.17, 15) is 0 Å². The summed E-state index contributed by atoms with van der Waals surface area (Å²) in [5.41, 5.74) is 3.12. The Morgan fingerprint density at radius 1 is 1.05 bits per heavy atom. The van der Waals surface area contributed by atoms with Gasteiger partial charge in [-0.3, -0.25) is 0 Å². The second kappa shape index (κ2) is 6.24. The van der Waals surface area contributed by atoms with E-state index in [2.05, 4.69) is 21.0 Å². The summed E-state index contributed by atoms with van der Waals surface area (Å²) in [5.74, 6) is 0. The van der Waals surface area contributed by atoms with Crippen molar-refractivity contribution in [1.29, 1.82) is 5.41 Å². The fourth-order valence-corrected chi connectivity index (χ4v) is 2.89. The molecule has 1 heterocycles. The molecule has 0 atom stereocenters. The first kappa shape index (κ1) is 15.3. The molecule has 2 aromatic carbocycles. The number of benzene rings is 2. The zero-order chi connectivity index (χ0) is 15.7. The predicted molar refractivity (Wildman–Crippen MR) is 94.6 cm³/mol. The van der Waals surface area contributed by atoms with E-state index in [1.807, 2.05) is 36.4 Å². The standard InChI is InChI=1S/C16H10BrCl2N3/c17-11-3-1-10(2-4-11)16-8-13(9-20)21-22(16)15-6-5-12(18)7-14(15)19/h1-9,20H. The Bertz CT molecular complexity index is 841. The van der Waals surface area contributed by atoms with Crippen molar-refractivity contribution in [2.45, 2.75) is 0 Å². The van der Waals surface area contributed by atoms with Crippen molar-refractivity contribution in [2.24, 2.45) is 0 Å². The maximum absolute atomic E-state index is 7.44. The van der Waals surface area contributed by atoms with Crippen LogP contribution in [0, 0.1) is 5.41 Å². The largest absolute Gasteiger partial charge is 0.306 e. The third-order valence-electron chi connectivity index (χ3n) is 3.15. The Hall–Kier alpha value is -1.62. The van der Waals surface area contributed by atoms with Gasteiger partial charge in [-0.15, -0.1) is 0 Å². The number of hydrogen-bond donors (Lipinski definition) is 1. The molecule has 0 radical (unpaired) electrons. The van der Waals surface area contributed by atoms with E-state index >= 15 is 0 Å². The van der Waals surface area contributed by atoms with Gasteiger partial charge in [0.15, 0.2) is 0 Å². The minimum atomic E-state index is 0.505. The lowest BCUT2D eigenvalue weighted by Gasteiger charge is -2.10. The van der Waals surface area contributed by atoms with E-state index < -0.39 is 0 Å². The average Bonchev–Trinajstić information content (AvgIpc) is 2.92. The molecule has 1 N–H and O–H groups in total. The van der Waals surface area contributed by atoms with E-state index in [4.69, 9.17) is 28.6 Å². The van der Waals surface area contributed by atoms with E-state index in [-0.39, 0.29) is 0 Å². The lowest BCUT2D eigenvalue weighted by Crippen LogP contribution is -2.00. The molecule has 6 heteroatoms. The average molecular weight is 395 g/mol. The molecule has 3 rings (SSSR count). The summed E-state index contributed by atoms with van der Waals surface area (Å²) in [6, 6.07) is 15.0. The van der Waals surface area contributed by atoms with Gasteiger partial charge in [0.2, 0.25) is 0 Å². The van der Waals surface area contributed by atoms with Crippen LogP contribution >= 0.6 is 39.1 Å². The van der Waals surface area contributed by atoms with Crippen LogP contribution in [0.25, 0.3) is 16.9 Å². The molecule has 0 aliphatic rings. The maximum atomic E-state index is 7.44. The molecular formula is C16H10BrCl2N3. The molecule has 0 aliphatic carbocycles. The van der Waals surface area contributed by atoms with Crippen molar-refractivity contribution in [3.63, 3.8) is 0 Å². The number of nitrogens with zero attached hydrogens (tertiary/aromatic N) is 2. The Morgan fingerprint density at radius 3 is 2.41 bits per heavy atom. The van der Waals surface area contributed by atoms with Crippen molar-refractivity contribution in [1.82, 2.24) is 9.78 Å². The van der Waals surface area contributed by atoms with Crippen molar-refractivity contribution < 1.29 is 0 Å². The molecule has 0 saturated carbocycles. The number of rotatable bonds is 3. The highest BCUT2D eigenvalue weighted by atomic mass is 79.9. The van der Waals surface area contributed by atoms with Gasteiger partial charge < -0.3 is 5.41 Å². The van der Waals surface area contributed by atoms with Crippen LogP contribution in [0.15, 0.2) is 53.0 Å². The van der Waals surface area contributed by atoms with Gasteiger partial charge in [0.05, 0.1) is 16.4 Å². The van der Waals surface area contributed by atoms with Gasteiger partial charge in [-0.1, -0.05) is 51.3 Å². The van der Waals surface area contributed by atoms with Crippen LogP contribution in [0.4, 0.5) is 0 Å². The molecule has 0 aliphatic heterocycles. The van der Waals surface area contributed by atoms with Gasteiger partial charge in [-0.25, -0.2) is 4.68 Å². The molecule has 0 amide bonds. The Labute approximate surface area is 146 Å². The molecule has 22 heavy (non-hydrogen) atoms. The second-order valence-electron chi connectivity index (χ2n) is 4.61. The zero-order valence-corrected chi connectivity index (χ0v) is 14.3. The SMILES string of the molecule is N=Cc1cc(-c2ccc(Br)cc2)n(-c2ccc(Cl)cc2Cl)n1. The summed E-state index contributed by atoms with van der Waals surface area (Å²) in [5, 5.41) is 12.9. The normalized spacial score (nSPS) is 10.7. The Balaban J connectivity index is 2.20. The molecule has 1 aromatic heterocycles. The lowest BCUT2D eigenvalue weighted by molar-refractivity contribution is 0.884. The number of aromatic nitrogens is 2. The van der Waals surface area contributed by atoms with Crippen LogP contribution < -0.4 is 0 Å². The van der Waals surface area contributed by atoms with Crippen LogP contribution in [-0.4, -0.2) is 16.0 Å². The Morgan fingerprint density at radius 2 is 1.77 bits per heavy atom. The number of halogens is 3. The highest BCUT2D eigenvalue weighted by Gasteiger charge is 2.13. The van der Waals surface area contributed by atoms with Crippen LogP contribution in [0.1, 0.15) is 5.69 Å². The van der Waals surface area contributed by atoms with E-state index in [0.717, 1.165) is 21.4 Å². The van der Waals surface area contributed by atoms with Crippen molar-refractivity contribution in [3.8, 4) is 16.9 Å². The van der Waals surface area contributed by atoms with Crippen LogP contribution in [0.3, 0.4) is 0 Å².